The summed E-state index contributed by atoms with van der Waals surface area (Å²) in [6.45, 7) is 7.11. The van der Waals surface area contributed by atoms with Crippen LogP contribution in [-0.2, 0) is 9.53 Å². The molecule has 1 aliphatic rings. The topological polar surface area (TPSA) is 29.5 Å². The van der Waals surface area contributed by atoms with Gasteiger partial charge in [-0.2, -0.15) is 0 Å². The van der Waals surface area contributed by atoms with Crippen LogP contribution in [0.25, 0.3) is 0 Å². The summed E-state index contributed by atoms with van der Waals surface area (Å²) in [4.78, 5) is 13.8. The lowest BCUT2D eigenvalue weighted by Crippen LogP contribution is -2.44. The molecule has 3 nitrogen and oxygen atoms in total. The molecule has 1 saturated heterocycles. The number of hydrogen-bond donors (Lipinski definition) is 0. The Morgan fingerprint density at radius 1 is 1.56 bits per heavy atom. The maximum absolute atomic E-state index is 11.9. The molecule has 16 heavy (non-hydrogen) atoms. The first kappa shape index (κ1) is 13.8. The van der Waals surface area contributed by atoms with Gasteiger partial charge in [-0.25, -0.2) is 0 Å². The van der Waals surface area contributed by atoms with Crippen molar-refractivity contribution in [1.82, 2.24) is 4.90 Å². The Bertz CT molecular complexity index is 223. The lowest BCUT2D eigenvalue weighted by Gasteiger charge is -2.33. The number of hydrogen-bond acceptors (Lipinski definition) is 2. The van der Waals surface area contributed by atoms with Crippen LogP contribution in [0.1, 0.15) is 33.1 Å². The summed E-state index contributed by atoms with van der Waals surface area (Å²) in [7, 11) is 0. The molecular formula is C12H22ClNO2. The van der Waals surface area contributed by atoms with Gasteiger partial charge in [0, 0.05) is 19.7 Å². The third-order valence-corrected chi connectivity index (χ3v) is 3.51. The van der Waals surface area contributed by atoms with Gasteiger partial charge in [0.25, 0.3) is 0 Å². The fourth-order valence-electron chi connectivity index (χ4n) is 2.06. The molecule has 1 aliphatic heterocycles. The molecule has 0 aromatic rings. The number of rotatable bonds is 5. The van der Waals surface area contributed by atoms with Crippen LogP contribution < -0.4 is 0 Å². The van der Waals surface area contributed by atoms with Crippen molar-refractivity contribution >= 4 is 17.5 Å². The number of halogens is 1. The molecule has 0 unspecified atom stereocenters. The van der Waals surface area contributed by atoms with Crippen molar-refractivity contribution in [2.24, 2.45) is 5.92 Å². The smallest absolute Gasteiger partial charge is 0.240 e. The Kier molecular flexibility index (Phi) is 6.14. The lowest BCUT2D eigenvalue weighted by atomic mass is 9.98. The van der Waals surface area contributed by atoms with E-state index in [1.54, 1.807) is 0 Å². The summed E-state index contributed by atoms with van der Waals surface area (Å²) in [5.74, 6) is 0.573. The van der Waals surface area contributed by atoms with Gasteiger partial charge in [0.1, 0.15) is 5.38 Å². The molecule has 0 saturated carbocycles. The average Bonchev–Trinajstić information content (AvgIpc) is 2.34. The first-order valence-electron chi connectivity index (χ1n) is 6.19. The zero-order valence-electron chi connectivity index (χ0n) is 10.2. The van der Waals surface area contributed by atoms with E-state index in [1.807, 2.05) is 18.7 Å². The van der Waals surface area contributed by atoms with E-state index in [1.165, 1.54) is 0 Å². The van der Waals surface area contributed by atoms with Crippen LogP contribution in [0, 0.1) is 5.92 Å². The molecule has 0 bridgehead atoms. The van der Waals surface area contributed by atoms with Crippen LogP contribution in [0.5, 0.6) is 0 Å². The summed E-state index contributed by atoms with van der Waals surface area (Å²) >= 11 is 5.98. The standard InChI is InChI=1S/C12H22ClNO2/c1-3-11(13)12(15)14-7-5-6-10(8-14)9-16-4-2/h10-11H,3-9H2,1-2H3/t10-,11+/m1/s1. The number of amides is 1. The van der Waals surface area contributed by atoms with E-state index in [9.17, 15) is 4.79 Å². The number of likely N-dealkylation sites (tertiary alicyclic amines) is 1. The minimum Gasteiger partial charge on any atom is -0.381 e. The van der Waals surface area contributed by atoms with E-state index < -0.39 is 0 Å². The van der Waals surface area contributed by atoms with E-state index in [-0.39, 0.29) is 11.3 Å². The largest absolute Gasteiger partial charge is 0.381 e. The molecule has 1 fully saturated rings. The number of carbonyl (C=O) groups excluding carboxylic acids is 1. The quantitative estimate of drug-likeness (QED) is 0.698. The van der Waals surface area contributed by atoms with Gasteiger partial charge >= 0.3 is 0 Å². The molecule has 4 heteroatoms. The molecule has 1 amide bonds. The van der Waals surface area contributed by atoms with E-state index in [2.05, 4.69) is 0 Å². The fraction of sp³-hybridized carbons (Fsp3) is 0.917. The molecule has 94 valence electrons. The highest BCUT2D eigenvalue weighted by Crippen LogP contribution is 2.19. The number of ether oxygens (including phenoxy) is 1. The molecule has 0 spiro atoms. The van der Waals surface area contributed by atoms with Gasteiger partial charge in [0.2, 0.25) is 5.91 Å². The second-order valence-electron chi connectivity index (χ2n) is 4.33. The molecule has 0 aromatic heterocycles. The van der Waals surface area contributed by atoms with Crippen molar-refractivity contribution in [2.75, 3.05) is 26.3 Å². The Labute approximate surface area is 103 Å². The maximum atomic E-state index is 11.9. The Morgan fingerprint density at radius 3 is 2.94 bits per heavy atom. The van der Waals surface area contributed by atoms with Crippen molar-refractivity contribution in [3.05, 3.63) is 0 Å². The predicted octanol–water partition coefficient (Wildman–Crippen LogP) is 2.28. The second kappa shape index (κ2) is 7.13. The summed E-state index contributed by atoms with van der Waals surface area (Å²) in [5.41, 5.74) is 0. The van der Waals surface area contributed by atoms with Crippen LogP contribution in [-0.4, -0.2) is 42.5 Å². The van der Waals surface area contributed by atoms with Gasteiger partial charge in [0.15, 0.2) is 0 Å². The Balaban J connectivity index is 2.40. The molecular weight excluding hydrogens is 226 g/mol. The fourth-order valence-corrected chi connectivity index (χ4v) is 2.20. The van der Waals surface area contributed by atoms with E-state index in [0.29, 0.717) is 12.3 Å². The van der Waals surface area contributed by atoms with Gasteiger partial charge in [-0.1, -0.05) is 6.92 Å². The predicted molar refractivity (Wildman–Crippen MR) is 65.7 cm³/mol. The van der Waals surface area contributed by atoms with Gasteiger partial charge < -0.3 is 9.64 Å². The van der Waals surface area contributed by atoms with Gasteiger partial charge in [-0.3, -0.25) is 4.79 Å². The average molecular weight is 248 g/mol. The minimum absolute atomic E-state index is 0.0883. The van der Waals surface area contributed by atoms with E-state index in [4.69, 9.17) is 16.3 Å². The van der Waals surface area contributed by atoms with Crippen LogP contribution in [0.3, 0.4) is 0 Å². The molecule has 2 atom stereocenters. The summed E-state index contributed by atoms with van der Waals surface area (Å²) < 4.78 is 5.42. The third kappa shape index (κ3) is 3.95. The summed E-state index contributed by atoms with van der Waals surface area (Å²) in [6.07, 6.45) is 2.92. The summed E-state index contributed by atoms with van der Waals surface area (Å²) in [5, 5.41) is -0.356. The summed E-state index contributed by atoms with van der Waals surface area (Å²) in [6, 6.07) is 0. The zero-order chi connectivity index (χ0) is 12.0. The number of nitrogens with zero attached hydrogens (tertiary/aromatic N) is 1. The van der Waals surface area contributed by atoms with E-state index in [0.717, 1.165) is 39.1 Å². The van der Waals surface area contributed by atoms with E-state index >= 15 is 0 Å². The highest BCUT2D eigenvalue weighted by atomic mass is 35.5. The minimum atomic E-state index is -0.356. The number of carbonyl (C=O) groups is 1. The third-order valence-electron chi connectivity index (χ3n) is 3.01. The van der Waals surface area contributed by atoms with Crippen LogP contribution >= 0.6 is 11.6 Å². The monoisotopic (exact) mass is 247 g/mol. The first-order chi connectivity index (χ1) is 7.69. The molecule has 1 rings (SSSR count). The maximum Gasteiger partial charge on any atom is 0.240 e. The SMILES string of the molecule is CCOC[C@@H]1CCCN(C(=O)[C@@H](Cl)CC)C1. The zero-order valence-corrected chi connectivity index (χ0v) is 11.0. The highest BCUT2D eigenvalue weighted by molar-refractivity contribution is 6.30. The number of alkyl halides is 1. The van der Waals surface area contributed by atoms with Crippen LogP contribution in [0.15, 0.2) is 0 Å². The van der Waals surface area contributed by atoms with Crippen LogP contribution in [0.4, 0.5) is 0 Å². The van der Waals surface area contributed by atoms with Gasteiger partial charge in [-0.05, 0) is 32.1 Å². The molecule has 0 radical (unpaired) electrons. The Morgan fingerprint density at radius 2 is 2.31 bits per heavy atom. The molecule has 1 heterocycles. The molecule has 0 N–H and O–H groups in total. The molecule has 0 aromatic carbocycles. The Hall–Kier alpha value is -0.280. The molecule has 0 aliphatic carbocycles. The first-order valence-corrected chi connectivity index (χ1v) is 6.63. The van der Waals surface area contributed by atoms with Crippen molar-refractivity contribution in [3.8, 4) is 0 Å². The highest BCUT2D eigenvalue weighted by Gasteiger charge is 2.26. The van der Waals surface area contributed by atoms with Crippen molar-refractivity contribution in [1.29, 1.82) is 0 Å². The van der Waals surface area contributed by atoms with Gasteiger partial charge in [0.05, 0.1) is 6.61 Å². The lowest BCUT2D eigenvalue weighted by molar-refractivity contribution is -0.133. The van der Waals surface area contributed by atoms with Crippen molar-refractivity contribution in [2.45, 2.75) is 38.5 Å². The van der Waals surface area contributed by atoms with Gasteiger partial charge in [-0.15, -0.1) is 11.6 Å². The van der Waals surface area contributed by atoms with Crippen molar-refractivity contribution < 1.29 is 9.53 Å². The second-order valence-corrected chi connectivity index (χ2v) is 4.85. The number of piperidine rings is 1. The van der Waals surface area contributed by atoms with Crippen LogP contribution in [0.2, 0.25) is 0 Å². The normalized spacial score (nSPS) is 23.2. The van der Waals surface area contributed by atoms with Crippen molar-refractivity contribution in [3.63, 3.8) is 0 Å².